The zero-order chi connectivity index (χ0) is 15.5. The molecule has 5 nitrogen and oxygen atoms in total. The van der Waals surface area contributed by atoms with Crippen LogP contribution in [-0.2, 0) is 6.42 Å². The van der Waals surface area contributed by atoms with Crippen LogP contribution >= 0.6 is 0 Å². The van der Waals surface area contributed by atoms with Crippen molar-refractivity contribution in [1.82, 2.24) is 15.5 Å². The number of nitrogens with zero attached hydrogens (tertiary/aromatic N) is 2. The molecule has 1 N–H and O–H groups in total. The van der Waals surface area contributed by atoms with Gasteiger partial charge in [-0.05, 0) is 32.9 Å². The molecule has 0 aliphatic heterocycles. The van der Waals surface area contributed by atoms with E-state index in [9.17, 15) is 4.39 Å². The van der Waals surface area contributed by atoms with Crippen LogP contribution in [-0.4, -0.2) is 29.4 Å². The molecule has 0 radical (unpaired) electrons. The summed E-state index contributed by atoms with van der Waals surface area (Å²) in [6.07, 6.45) is 0.599. The predicted molar refractivity (Wildman–Crippen MR) is 77.7 cm³/mol. The lowest BCUT2D eigenvalue weighted by atomic mass is 10.1. The first-order chi connectivity index (χ1) is 9.89. The minimum Gasteiger partial charge on any atom is -0.497 e. The monoisotopic (exact) mass is 293 g/mol. The first-order valence-electron chi connectivity index (χ1n) is 6.80. The van der Waals surface area contributed by atoms with Crippen LogP contribution in [0.4, 0.5) is 4.39 Å². The Morgan fingerprint density at radius 3 is 2.67 bits per heavy atom. The fraction of sp³-hybridized carbons (Fsp3) is 0.467. The average molecular weight is 293 g/mol. The van der Waals surface area contributed by atoms with Gasteiger partial charge in [0.25, 0.3) is 5.89 Å². The van der Waals surface area contributed by atoms with Crippen LogP contribution in [0.15, 0.2) is 22.6 Å². The predicted octanol–water partition coefficient (Wildman–Crippen LogP) is 2.81. The van der Waals surface area contributed by atoms with Crippen LogP contribution in [0.2, 0.25) is 0 Å². The van der Waals surface area contributed by atoms with Gasteiger partial charge in [0, 0.05) is 24.6 Å². The van der Waals surface area contributed by atoms with E-state index >= 15 is 0 Å². The lowest BCUT2D eigenvalue weighted by Crippen LogP contribution is -2.37. The van der Waals surface area contributed by atoms with E-state index in [1.54, 1.807) is 12.1 Å². The molecule has 0 atom stereocenters. The Morgan fingerprint density at radius 1 is 1.29 bits per heavy atom. The highest BCUT2D eigenvalue weighted by Gasteiger charge is 2.14. The third-order valence-electron chi connectivity index (χ3n) is 2.87. The Morgan fingerprint density at radius 2 is 2.05 bits per heavy atom. The average Bonchev–Trinajstić information content (AvgIpc) is 2.85. The third-order valence-corrected chi connectivity index (χ3v) is 2.87. The lowest BCUT2D eigenvalue weighted by molar-refractivity contribution is 0.409. The molecule has 0 amide bonds. The molecule has 2 aromatic rings. The molecule has 0 saturated heterocycles. The number of aromatic nitrogens is 2. The van der Waals surface area contributed by atoms with E-state index in [1.165, 1.54) is 13.2 Å². The van der Waals surface area contributed by atoms with Gasteiger partial charge in [-0.1, -0.05) is 0 Å². The summed E-state index contributed by atoms with van der Waals surface area (Å²) in [5.74, 6) is 0.667. The number of nitrogens with one attached hydrogen (secondary N) is 1. The van der Waals surface area contributed by atoms with Gasteiger partial charge in [0.05, 0.1) is 12.7 Å². The first-order valence-corrected chi connectivity index (χ1v) is 6.80. The number of benzene rings is 1. The first kappa shape index (κ1) is 15.4. The van der Waals surface area contributed by atoms with E-state index in [4.69, 9.17) is 9.15 Å². The Bertz CT molecular complexity index is 605. The van der Waals surface area contributed by atoms with Gasteiger partial charge in [-0.25, -0.2) is 4.39 Å². The standard InChI is InChI=1S/C15H20FN3O2/c1-15(2,3)17-8-7-13-18-19-14(21-13)11-6-5-10(20-4)9-12(11)16/h5-6,9,17H,7-8H2,1-4H3. The molecule has 0 aliphatic carbocycles. The number of methoxy groups -OCH3 is 1. The van der Waals surface area contributed by atoms with Gasteiger partial charge >= 0.3 is 0 Å². The Labute approximate surface area is 123 Å². The van der Waals surface area contributed by atoms with Crippen molar-refractivity contribution in [2.45, 2.75) is 32.7 Å². The second-order valence-corrected chi connectivity index (χ2v) is 5.77. The lowest BCUT2D eigenvalue weighted by Gasteiger charge is -2.19. The number of hydrogen-bond donors (Lipinski definition) is 1. The maximum absolute atomic E-state index is 13.9. The van der Waals surface area contributed by atoms with Crippen molar-refractivity contribution >= 4 is 0 Å². The van der Waals surface area contributed by atoms with E-state index in [0.717, 1.165) is 6.54 Å². The summed E-state index contributed by atoms with van der Waals surface area (Å²) in [5.41, 5.74) is 0.309. The summed E-state index contributed by atoms with van der Waals surface area (Å²) in [6, 6.07) is 4.52. The minimum absolute atomic E-state index is 0.0327. The van der Waals surface area contributed by atoms with E-state index in [2.05, 4.69) is 36.3 Å². The largest absolute Gasteiger partial charge is 0.497 e. The van der Waals surface area contributed by atoms with Gasteiger partial charge in [0.2, 0.25) is 5.89 Å². The molecule has 6 heteroatoms. The molecule has 0 fully saturated rings. The zero-order valence-corrected chi connectivity index (χ0v) is 12.7. The fourth-order valence-corrected chi connectivity index (χ4v) is 1.80. The molecule has 0 unspecified atom stereocenters. The van der Waals surface area contributed by atoms with Gasteiger partial charge in [-0.2, -0.15) is 0 Å². The van der Waals surface area contributed by atoms with Crippen LogP contribution in [0.5, 0.6) is 5.75 Å². The molecule has 1 aromatic carbocycles. The van der Waals surface area contributed by atoms with Crippen molar-refractivity contribution in [3.63, 3.8) is 0 Å². The zero-order valence-electron chi connectivity index (χ0n) is 12.7. The Balaban J connectivity index is 2.06. The van der Waals surface area contributed by atoms with Gasteiger partial charge in [-0.15, -0.1) is 10.2 Å². The topological polar surface area (TPSA) is 60.2 Å². The Hall–Kier alpha value is -1.95. The van der Waals surface area contributed by atoms with E-state index in [1.807, 2.05) is 0 Å². The van der Waals surface area contributed by atoms with Crippen molar-refractivity contribution in [2.75, 3.05) is 13.7 Å². The van der Waals surface area contributed by atoms with Crippen LogP contribution in [0, 0.1) is 5.82 Å². The number of halogens is 1. The van der Waals surface area contributed by atoms with Gasteiger partial charge in [0.1, 0.15) is 11.6 Å². The molecule has 0 spiro atoms. The van der Waals surface area contributed by atoms with Crippen LogP contribution in [0.25, 0.3) is 11.5 Å². The number of hydrogen-bond acceptors (Lipinski definition) is 5. The van der Waals surface area contributed by atoms with Crippen molar-refractivity contribution in [3.8, 4) is 17.2 Å². The molecular formula is C15H20FN3O2. The smallest absolute Gasteiger partial charge is 0.250 e. The maximum atomic E-state index is 13.9. The summed E-state index contributed by atoms with van der Waals surface area (Å²) in [5, 5.41) is 11.2. The summed E-state index contributed by atoms with van der Waals surface area (Å²) < 4.78 is 24.4. The van der Waals surface area contributed by atoms with Gasteiger partial charge in [0.15, 0.2) is 0 Å². The van der Waals surface area contributed by atoms with Crippen molar-refractivity contribution in [3.05, 3.63) is 29.9 Å². The van der Waals surface area contributed by atoms with E-state index in [0.29, 0.717) is 18.1 Å². The van der Waals surface area contributed by atoms with Crippen molar-refractivity contribution in [2.24, 2.45) is 0 Å². The third kappa shape index (κ3) is 4.26. The highest BCUT2D eigenvalue weighted by Crippen LogP contribution is 2.25. The highest BCUT2D eigenvalue weighted by molar-refractivity contribution is 5.55. The van der Waals surface area contributed by atoms with E-state index < -0.39 is 5.82 Å². The molecule has 114 valence electrons. The normalized spacial score (nSPS) is 11.7. The van der Waals surface area contributed by atoms with Gasteiger partial charge in [-0.3, -0.25) is 0 Å². The Kier molecular flexibility index (Phi) is 4.57. The quantitative estimate of drug-likeness (QED) is 0.918. The SMILES string of the molecule is COc1ccc(-c2nnc(CCNC(C)(C)C)o2)c(F)c1. The molecule has 2 rings (SSSR count). The molecule has 1 heterocycles. The number of rotatable bonds is 5. The maximum Gasteiger partial charge on any atom is 0.250 e. The van der Waals surface area contributed by atoms with Crippen LogP contribution in [0.3, 0.4) is 0 Å². The minimum atomic E-state index is -0.447. The summed E-state index contributed by atoms with van der Waals surface area (Å²) in [6.45, 7) is 6.97. The second-order valence-electron chi connectivity index (χ2n) is 5.77. The van der Waals surface area contributed by atoms with Crippen molar-refractivity contribution in [1.29, 1.82) is 0 Å². The van der Waals surface area contributed by atoms with Crippen LogP contribution < -0.4 is 10.1 Å². The molecule has 0 saturated carbocycles. The molecule has 21 heavy (non-hydrogen) atoms. The highest BCUT2D eigenvalue weighted by atomic mass is 19.1. The molecule has 0 bridgehead atoms. The van der Waals surface area contributed by atoms with Crippen molar-refractivity contribution < 1.29 is 13.5 Å². The molecular weight excluding hydrogens is 273 g/mol. The number of ether oxygens (including phenoxy) is 1. The molecule has 1 aromatic heterocycles. The summed E-state index contributed by atoms with van der Waals surface area (Å²) >= 11 is 0. The van der Waals surface area contributed by atoms with E-state index in [-0.39, 0.29) is 17.0 Å². The van der Waals surface area contributed by atoms with Gasteiger partial charge < -0.3 is 14.5 Å². The molecule has 0 aliphatic rings. The summed E-state index contributed by atoms with van der Waals surface area (Å²) in [7, 11) is 1.49. The summed E-state index contributed by atoms with van der Waals surface area (Å²) in [4.78, 5) is 0. The van der Waals surface area contributed by atoms with Crippen LogP contribution in [0.1, 0.15) is 26.7 Å². The second kappa shape index (κ2) is 6.22. The fourth-order valence-electron chi connectivity index (χ4n) is 1.80.